The van der Waals surface area contributed by atoms with E-state index in [0.717, 1.165) is 76.7 Å². The van der Waals surface area contributed by atoms with Gasteiger partial charge in [-0.1, -0.05) is 56.3 Å². The largest absolute Gasteiger partial charge is 0.453 e. The van der Waals surface area contributed by atoms with Crippen molar-refractivity contribution >= 4 is 35.9 Å². The summed E-state index contributed by atoms with van der Waals surface area (Å²) in [5.41, 5.74) is 6.37. The second kappa shape index (κ2) is 17.5. The molecule has 57 heavy (non-hydrogen) atoms. The van der Waals surface area contributed by atoms with Crippen LogP contribution in [-0.2, 0) is 14.3 Å². The zero-order chi connectivity index (χ0) is 40.9. The zero-order valence-corrected chi connectivity index (χ0v) is 34.3. The molecule has 4 aromatic rings. The molecule has 0 bridgehead atoms. The Morgan fingerprint density at radius 1 is 0.877 bits per heavy atom. The fourth-order valence-corrected chi connectivity index (χ4v) is 7.42. The number of aromatic nitrogens is 4. The summed E-state index contributed by atoms with van der Waals surface area (Å²) in [5.74, 6) is 1.22. The molecule has 2 aromatic heterocycles. The number of alkyl carbamates (subject to hydrolysis) is 1. The average Bonchev–Trinajstić information content (AvgIpc) is 4.01. The minimum absolute atomic E-state index is 0.114. The van der Waals surface area contributed by atoms with Gasteiger partial charge in [0.05, 0.1) is 43.0 Å². The predicted octanol–water partition coefficient (Wildman–Crippen LogP) is 8.38. The number of amides is 3. The molecule has 2 aliphatic rings. The van der Waals surface area contributed by atoms with E-state index in [4.69, 9.17) is 14.5 Å². The summed E-state index contributed by atoms with van der Waals surface area (Å²) in [6, 6.07) is 13.7. The number of carbonyl (C=O) groups excluding carboxylic acids is 3. The highest BCUT2D eigenvalue weighted by Gasteiger charge is 2.38. The zero-order valence-electron chi connectivity index (χ0n) is 34.3. The lowest BCUT2D eigenvalue weighted by atomic mass is 9.95. The molecule has 13 nitrogen and oxygen atoms in total. The van der Waals surface area contributed by atoms with Crippen molar-refractivity contribution in [2.24, 2.45) is 5.92 Å². The van der Waals surface area contributed by atoms with Gasteiger partial charge in [-0.05, 0) is 93.3 Å². The molecule has 3 atom stereocenters. The van der Waals surface area contributed by atoms with E-state index in [9.17, 15) is 14.4 Å². The Balaban J connectivity index is 1.22. The molecule has 0 radical (unpaired) electrons. The van der Waals surface area contributed by atoms with Gasteiger partial charge in [0.1, 0.15) is 23.3 Å². The Morgan fingerprint density at radius 3 is 2.18 bits per heavy atom. The summed E-state index contributed by atoms with van der Waals surface area (Å²) >= 11 is 0. The van der Waals surface area contributed by atoms with Crippen LogP contribution in [0.25, 0.3) is 34.5 Å². The van der Waals surface area contributed by atoms with Crippen LogP contribution in [-0.4, -0.2) is 93.8 Å². The number of H-pyrrole nitrogens is 2. The highest BCUT2D eigenvalue weighted by Crippen LogP contribution is 2.36. The number of nitrogens with zero attached hydrogens (tertiary/aromatic N) is 5. The standard InChI is InChI=1S/C44H56N8O5/c1-28(2)38(49-42(54)56-8)41(53)51-23-11-15-36(51)40-46-27-35(48-40)31-18-17-29(34(25-31)30-19-21-33(22-20-30)50(6)7)13-9-10-14-32-26-45-39(47-32)37-16-12-24-52(37)43(55)57-44(3,4)5/h9-10,13-14,17-22,25-28,36-38H,11-12,15-16,23-24H2,1-8H3,(H,45,47)(H,46,48)(H,49,54)/t36-,37-,38-/m0/s1. The van der Waals surface area contributed by atoms with E-state index in [-0.39, 0.29) is 30.0 Å². The van der Waals surface area contributed by atoms with Crippen molar-refractivity contribution in [3.8, 4) is 22.4 Å². The Kier molecular flexibility index (Phi) is 12.5. The van der Waals surface area contributed by atoms with Gasteiger partial charge < -0.3 is 34.6 Å². The van der Waals surface area contributed by atoms with Crippen LogP contribution >= 0.6 is 0 Å². The summed E-state index contributed by atoms with van der Waals surface area (Å²) in [7, 11) is 5.34. The van der Waals surface area contributed by atoms with E-state index < -0.39 is 17.7 Å². The van der Waals surface area contributed by atoms with Gasteiger partial charge >= 0.3 is 12.2 Å². The number of anilines is 1. The molecule has 2 saturated heterocycles. The van der Waals surface area contributed by atoms with Gasteiger partial charge in [-0.15, -0.1) is 0 Å². The van der Waals surface area contributed by atoms with E-state index in [2.05, 4.69) is 73.7 Å². The lowest BCUT2D eigenvalue weighted by Gasteiger charge is -2.30. The Bertz CT molecular complexity index is 2090. The van der Waals surface area contributed by atoms with Crippen molar-refractivity contribution < 1.29 is 23.9 Å². The molecule has 302 valence electrons. The topological polar surface area (TPSA) is 149 Å². The van der Waals surface area contributed by atoms with Crippen molar-refractivity contribution in [3.63, 3.8) is 0 Å². The molecule has 2 fully saturated rings. The number of nitrogens with one attached hydrogen (secondary N) is 3. The maximum atomic E-state index is 13.7. The van der Waals surface area contributed by atoms with Crippen LogP contribution in [0.4, 0.5) is 15.3 Å². The molecule has 3 amide bonds. The van der Waals surface area contributed by atoms with Gasteiger partial charge in [-0.2, -0.15) is 0 Å². The van der Waals surface area contributed by atoms with Crippen LogP contribution in [0.3, 0.4) is 0 Å². The van der Waals surface area contributed by atoms with E-state index in [1.54, 1.807) is 11.1 Å². The second-order valence-electron chi connectivity index (χ2n) is 16.2. The van der Waals surface area contributed by atoms with Crippen molar-refractivity contribution in [1.82, 2.24) is 35.1 Å². The number of aromatic amines is 2. The molecule has 0 unspecified atom stereocenters. The molecular formula is C44H56N8O5. The molecule has 2 aliphatic heterocycles. The van der Waals surface area contributed by atoms with Crippen molar-refractivity contribution in [2.45, 2.75) is 84.0 Å². The molecular weight excluding hydrogens is 721 g/mol. The normalized spacial score (nSPS) is 17.8. The number of allylic oxidation sites excluding steroid dienone is 2. The Labute approximate surface area is 335 Å². The molecule has 0 saturated carbocycles. The van der Waals surface area contributed by atoms with E-state index in [1.165, 1.54) is 7.11 Å². The van der Waals surface area contributed by atoms with Crippen LogP contribution in [0, 0.1) is 5.92 Å². The van der Waals surface area contributed by atoms with Crippen LogP contribution in [0.15, 0.2) is 67.0 Å². The van der Waals surface area contributed by atoms with E-state index in [0.29, 0.717) is 13.1 Å². The smallest absolute Gasteiger partial charge is 0.410 e. The Hall–Kier alpha value is -5.85. The van der Waals surface area contributed by atoms with Crippen LogP contribution in [0.5, 0.6) is 0 Å². The van der Waals surface area contributed by atoms with Gasteiger partial charge in [0, 0.05) is 38.4 Å². The molecule has 2 aromatic carbocycles. The lowest BCUT2D eigenvalue weighted by molar-refractivity contribution is -0.135. The SMILES string of the molecule is COC(=O)N[C@H](C(=O)N1CCC[C@H]1c1ncc(-c2ccc(C=CC=Cc3cnc([C@@H]4CCCN4C(=O)OC(C)(C)C)[nH]3)c(-c3ccc(N(C)C)cc3)c2)[nH]1)C(C)C. The lowest BCUT2D eigenvalue weighted by Crippen LogP contribution is -2.51. The summed E-state index contributed by atoms with van der Waals surface area (Å²) in [5, 5.41) is 2.72. The molecule has 0 aliphatic carbocycles. The number of rotatable bonds is 11. The summed E-state index contributed by atoms with van der Waals surface area (Å²) < 4.78 is 10.4. The summed E-state index contributed by atoms with van der Waals surface area (Å²) in [6.07, 6.45) is 14.1. The average molecular weight is 777 g/mol. The molecule has 0 spiro atoms. The number of methoxy groups -OCH3 is 1. The predicted molar refractivity (Wildman–Crippen MR) is 223 cm³/mol. The molecule has 3 N–H and O–H groups in total. The molecule has 4 heterocycles. The third kappa shape index (κ3) is 9.76. The first kappa shape index (κ1) is 40.8. The van der Waals surface area contributed by atoms with Crippen molar-refractivity contribution in [3.05, 3.63) is 89.9 Å². The van der Waals surface area contributed by atoms with Gasteiger partial charge in [-0.25, -0.2) is 19.6 Å². The third-order valence-electron chi connectivity index (χ3n) is 10.4. The van der Waals surface area contributed by atoms with Crippen LogP contribution < -0.4 is 10.2 Å². The fraction of sp³-hybridized carbons (Fsp3) is 0.432. The first-order valence-corrected chi connectivity index (χ1v) is 19.7. The fourth-order valence-electron chi connectivity index (χ4n) is 7.42. The number of hydrogen-bond donors (Lipinski definition) is 3. The highest BCUT2D eigenvalue weighted by atomic mass is 16.6. The summed E-state index contributed by atoms with van der Waals surface area (Å²) in [6.45, 7) is 10.7. The molecule has 6 rings (SSSR count). The summed E-state index contributed by atoms with van der Waals surface area (Å²) in [4.78, 5) is 60.5. The van der Waals surface area contributed by atoms with Crippen LogP contribution in [0.1, 0.15) is 95.3 Å². The quantitative estimate of drug-likeness (QED) is 0.129. The molecule has 13 heteroatoms. The third-order valence-corrected chi connectivity index (χ3v) is 10.4. The van der Waals surface area contributed by atoms with Crippen molar-refractivity contribution in [2.75, 3.05) is 39.2 Å². The van der Waals surface area contributed by atoms with Crippen molar-refractivity contribution in [1.29, 1.82) is 0 Å². The van der Waals surface area contributed by atoms with E-state index in [1.807, 2.05) is 78.0 Å². The minimum atomic E-state index is -0.699. The Morgan fingerprint density at radius 2 is 1.51 bits per heavy atom. The number of benzene rings is 2. The monoisotopic (exact) mass is 776 g/mol. The maximum Gasteiger partial charge on any atom is 0.410 e. The number of ether oxygens (including phenoxy) is 2. The van der Waals surface area contributed by atoms with Gasteiger partial charge in [0.25, 0.3) is 0 Å². The van der Waals surface area contributed by atoms with Gasteiger partial charge in [0.15, 0.2) is 0 Å². The van der Waals surface area contributed by atoms with Crippen LogP contribution in [0.2, 0.25) is 0 Å². The van der Waals surface area contributed by atoms with Gasteiger partial charge in [-0.3, -0.25) is 9.69 Å². The number of hydrogen-bond acceptors (Lipinski definition) is 8. The first-order chi connectivity index (χ1) is 27.2. The van der Waals surface area contributed by atoms with Gasteiger partial charge in [0.2, 0.25) is 5.91 Å². The number of imidazole rings is 2. The second-order valence-corrected chi connectivity index (χ2v) is 16.2. The minimum Gasteiger partial charge on any atom is -0.453 e. The first-order valence-electron chi connectivity index (χ1n) is 19.7. The highest BCUT2D eigenvalue weighted by molar-refractivity contribution is 5.86. The number of likely N-dealkylation sites (tertiary alicyclic amines) is 2. The maximum absolute atomic E-state index is 13.7. The van der Waals surface area contributed by atoms with E-state index >= 15 is 0 Å². The number of carbonyl (C=O) groups is 3.